The lowest BCUT2D eigenvalue weighted by Crippen LogP contribution is -2.05. The molecule has 0 aromatic heterocycles. The molecule has 1 heterocycles. The summed E-state index contributed by atoms with van der Waals surface area (Å²) in [7, 11) is 1.49. The van der Waals surface area contributed by atoms with Crippen LogP contribution < -0.4 is 9.47 Å². The molecule has 0 saturated heterocycles. The van der Waals surface area contributed by atoms with Gasteiger partial charge in [0.25, 0.3) is 0 Å². The molecule has 1 aliphatic heterocycles. The van der Waals surface area contributed by atoms with Crippen LogP contribution in [0, 0.1) is 5.82 Å². The highest BCUT2D eigenvalue weighted by molar-refractivity contribution is 6.32. The van der Waals surface area contributed by atoms with Crippen LogP contribution in [0.25, 0.3) is 6.08 Å². The minimum absolute atomic E-state index is 0.0294. The van der Waals surface area contributed by atoms with Crippen LogP contribution in [-0.4, -0.2) is 19.0 Å². The van der Waals surface area contributed by atoms with E-state index >= 15 is 0 Å². The maximum atomic E-state index is 13.5. The lowest BCUT2D eigenvalue weighted by molar-refractivity contribution is -0.129. The van der Waals surface area contributed by atoms with Crippen molar-refractivity contribution in [1.82, 2.24) is 0 Å². The molecule has 0 spiro atoms. The molecule has 0 bridgehead atoms. The minimum atomic E-state index is -0.651. The molecule has 0 N–H and O–H groups in total. The van der Waals surface area contributed by atoms with Gasteiger partial charge in [0.05, 0.1) is 12.1 Å². The predicted molar refractivity (Wildman–Crippen MR) is 121 cm³/mol. The van der Waals surface area contributed by atoms with Gasteiger partial charge in [0.15, 0.2) is 17.2 Å². The molecule has 3 aromatic carbocycles. The van der Waals surface area contributed by atoms with Crippen molar-refractivity contribution >= 4 is 41.1 Å². The first-order valence-electron chi connectivity index (χ1n) is 9.46. The third kappa shape index (κ3) is 4.93. The smallest absolute Gasteiger partial charge is 0.363 e. The highest BCUT2D eigenvalue weighted by Crippen LogP contribution is 2.38. The molecule has 162 valence electrons. The summed E-state index contributed by atoms with van der Waals surface area (Å²) in [5.41, 5.74) is 1.88. The molecule has 1 aliphatic rings. The summed E-state index contributed by atoms with van der Waals surface area (Å²) in [4.78, 5) is 16.4. The van der Waals surface area contributed by atoms with Gasteiger partial charge >= 0.3 is 5.97 Å². The van der Waals surface area contributed by atoms with Gasteiger partial charge in [-0.2, -0.15) is 0 Å². The summed E-state index contributed by atoms with van der Waals surface area (Å²) in [5, 5.41) is 0.932. The number of carbonyl (C=O) groups is 1. The second-order valence-electron chi connectivity index (χ2n) is 6.80. The van der Waals surface area contributed by atoms with Gasteiger partial charge in [0, 0.05) is 10.6 Å². The fraction of sp³-hybridized carbons (Fsp3) is 0.0833. The first kappa shape index (κ1) is 21.9. The molecule has 3 aromatic rings. The molecule has 0 fully saturated rings. The third-order valence-corrected chi connectivity index (χ3v) is 5.08. The number of cyclic esters (lactones) is 1. The van der Waals surface area contributed by atoms with Gasteiger partial charge in [-0.25, -0.2) is 14.2 Å². The molecular formula is C24H16Cl2FNO4. The lowest BCUT2D eigenvalue weighted by Gasteiger charge is -2.13. The Morgan fingerprint density at radius 2 is 1.88 bits per heavy atom. The number of esters is 1. The molecule has 0 radical (unpaired) electrons. The summed E-state index contributed by atoms with van der Waals surface area (Å²) < 4.78 is 29.9. The van der Waals surface area contributed by atoms with E-state index in [0.717, 1.165) is 5.56 Å². The molecule has 8 heteroatoms. The predicted octanol–water partition coefficient (Wildman–Crippen LogP) is 6.06. The average Bonchev–Trinajstić information content (AvgIpc) is 3.14. The van der Waals surface area contributed by atoms with Crippen molar-refractivity contribution < 1.29 is 23.4 Å². The van der Waals surface area contributed by atoms with Crippen LogP contribution in [0.5, 0.6) is 11.5 Å². The summed E-state index contributed by atoms with van der Waals surface area (Å²) in [6.45, 7) is 0.265. The van der Waals surface area contributed by atoms with Crippen molar-refractivity contribution in [1.29, 1.82) is 0 Å². The van der Waals surface area contributed by atoms with Gasteiger partial charge in [-0.05, 0) is 59.7 Å². The van der Waals surface area contributed by atoms with Crippen LogP contribution in [0.4, 0.5) is 4.39 Å². The zero-order valence-corrected chi connectivity index (χ0v) is 18.3. The van der Waals surface area contributed by atoms with Crippen molar-refractivity contribution in [3.63, 3.8) is 0 Å². The van der Waals surface area contributed by atoms with Crippen molar-refractivity contribution in [3.05, 3.63) is 98.9 Å². The van der Waals surface area contributed by atoms with Crippen LogP contribution in [-0.2, 0) is 16.1 Å². The van der Waals surface area contributed by atoms with Crippen LogP contribution in [0.3, 0.4) is 0 Å². The summed E-state index contributed by atoms with van der Waals surface area (Å²) >= 11 is 12.3. The first-order valence-corrected chi connectivity index (χ1v) is 10.2. The van der Waals surface area contributed by atoms with Gasteiger partial charge in [0.2, 0.25) is 5.90 Å². The van der Waals surface area contributed by atoms with E-state index in [2.05, 4.69) is 4.99 Å². The van der Waals surface area contributed by atoms with E-state index in [-0.39, 0.29) is 18.2 Å². The Labute approximate surface area is 193 Å². The average molecular weight is 472 g/mol. The number of ether oxygens (including phenoxy) is 3. The Kier molecular flexibility index (Phi) is 6.44. The Morgan fingerprint density at radius 1 is 1.09 bits per heavy atom. The third-order valence-electron chi connectivity index (χ3n) is 4.54. The highest BCUT2D eigenvalue weighted by Gasteiger charge is 2.25. The number of hydrogen-bond donors (Lipinski definition) is 0. The molecule has 0 aliphatic carbocycles. The Bertz CT molecular complexity index is 1240. The Balaban J connectivity index is 1.59. The zero-order valence-electron chi connectivity index (χ0n) is 16.8. The van der Waals surface area contributed by atoms with Crippen LogP contribution in [0.15, 0.2) is 71.4 Å². The fourth-order valence-corrected chi connectivity index (χ4v) is 3.41. The molecular weight excluding hydrogens is 456 g/mol. The van der Waals surface area contributed by atoms with Crippen LogP contribution in [0.1, 0.15) is 16.7 Å². The van der Waals surface area contributed by atoms with Gasteiger partial charge in [-0.1, -0.05) is 41.4 Å². The van der Waals surface area contributed by atoms with E-state index in [1.54, 1.807) is 30.3 Å². The van der Waals surface area contributed by atoms with E-state index in [0.29, 0.717) is 32.7 Å². The Hall–Kier alpha value is -3.35. The molecule has 0 amide bonds. The van der Waals surface area contributed by atoms with Gasteiger partial charge in [-0.15, -0.1) is 0 Å². The largest absolute Gasteiger partial charge is 0.493 e. The van der Waals surface area contributed by atoms with Crippen molar-refractivity contribution in [3.8, 4) is 11.5 Å². The van der Waals surface area contributed by atoms with E-state index < -0.39 is 11.8 Å². The molecule has 0 saturated carbocycles. The number of methoxy groups -OCH3 is 1. The number of aliphatic imine (C=N–C) groups is 1. The molecule has 0 unspecified atom stereocenters. The Morgan fingerprint density at radius 3 is 2.59 bits per heavy atom. The summed E-state index contributed by atoms with van der Waals surface area (Å²) in [6, 6.07) is 16.2. The van der Waals surface area contributed by atoms with E-state index in [1.807, 2.05) is 12.1 Å². The van der Waals surface area contributed by atoms with E-state index in [9.17, 15) is 9.18 Å². The summed E-state index contributed by atoms with van der Waals surface area (Å²) in [5.74, 6) is -0.322. The zero-order chi connectivity index (χ0) is 22.7. The lowest BCUT2D eigenvalue weighted by atomic mass is 10.1. The van der Waals surface area contributed by atoms with Gasteiger partial charge in [-0.3, -0.25) is 0 Å². The van der Waals surface area contributed by atoms with Gasteiger partial charge in [0.1, 0.15) is 12.4 Å². The number of nitrogens with zero attached hydrogens (tertiary/aromatic N) is 1. The fourth-order valence-electron chi connectivity index (χ4n) is 3.01. The molecule has 5 nitrogen and oxygen atoms in total. The standard InChI is InChI=1S/C24H16Cl2FNO4/c1-30-21-11-15(9-19(26)22(21)31-13-14-5-7-17(25)8-6-14)10-20-24(29)32-23(28-20)16-3-2-4-18(27)12-16/h2-12H,13H2,1H3/b20-10-. The van der Waals surface area contributed by atoms with Crippen LogP contribution in [0.2, 0.25) is 10.0 Å². The SMILES string of the molecule is COc1cc(/C=C2\N=C(c3cccc(F)c3)OC2=O)cc(Cl)c1OCc1ccc(Cl)cc1. The normalized spacial score (nSPS) is 14.3. The van der Waals surface area contributed by atoms with Crippen LogP contribution >= 0.6 is 23.2 Å². The number of rotatable bonds is 6. The molecule has 0 atom stereocenters. The number of carbonyl (C=O) groups excluding carboxylic acids is 1. The number of halogens is 3. The maximum absolute atomic E-state index is 13.5. The van der Waals surface area contributed by atoms with Crippen molar-refractivity contribution in [2.45, 2.75) is 6.61 Å². The number of hydrogen-bond acceptors (Lipinski definition) is 5. The van der Waals surface area contributed by atoms with Crippen molar-refractivity contribution in [2.24, 2.45) is 4.99 Å². The second-order valence-corrected chi connectivity index (χ2v) is 7.64. The highest BCUT2D eigenvalue weighted by atomic mass is 35.5. The van der Waals surface area contributed by atoms with Gasteiger partial charge < -0.3 is 14.2 Å². The first-order chi connectivity index (χ1) is 15.4. The molecule has 32 heavy (non-hydrogen) atoms. The maximum Gasteiger partial charge on any atom is 0.363 e. The second kappa shape index (κ2) is 9.42. The molecule has 4 rings (SSSR count). The van der Waals surface area contributed by atoms with Crippen molar-refractivity contribution in [2.75, 3.05) is 7.11 Å². The quantitative estimate of drug-likeness (QED) is 0.323. The minimum Gasteiger partial charge on any atom is -0.493 e. The topological polar surface area (TPSA) is 57.1 Å². The monoisotopic (exact) mass is 471 g/mol. The number of benzene rings is 3. The van der Waals surface area contributed by atoms with E-state index in [1.165, 1.54) is 31.4 Å². The van der Waals surface area contributed by atoms with E-state index in [4.69, 9.17) is 37.4 Å². The summed E-state index contributed by atoms with van der Waals surface area (Å²) in [6.07, 6.45) is 1.51.